The molecular formula is C9H18N2O. The second-order valence-corrected chi connectivity index (χ2v) is 3.75. The van der Waals surface area contributed by atoms with Crippen LogP contribution in [0.4, 0.5) is 0 Å². The number of nitrogens with one attached hydrogen (secondary N) is 1. The van der Waals surface area contributed by atoms with Crippen molar-refractivity contribution in [3.8, 4) is 0 Å². The summed E-state index contributed by atoms with van der Waals surface area (Å²) < 4.78 is 0. The van der Waals surface area contributed by atoms with Crippen molar-refractivity contribution in [2.24, 2.45) is 4.99 Å². The zero-order valence-corrected chi connectivity index (χ0v) is 7.93. The molecule has 2 atom stereocenters. The zero-order valence-electron chi connectivity index (χ0n) is 7.93. The first-order valence-corrected chi connectivity index (χ1v) is 4.47. The Bertz CT molecular complexity index is 179. The van der Waals surface area contributed by atoms with Gasteiger partial charge in [-0.3, -0.25) is 10.3 Å². The maximum Gasteiger partial charge on any atom is 0.138 e. The first kappa shape index (κ1) is 9.68. The van der Waals surface area contributed by atoms with E-state index in [-0.39, 0.29) is 0 Å². The minimum atomic E-state index is -0.748. The summed E-state index contributed by atoms with van der Waals surface area (Å²) in [5.41, 5.74) is -1.27. The van der Waals surface area contributed by atoms with Crippen LogP contribution in [-0.4, -0.2) is 30.1 Å². The molecule has 12 heavy (non-hydrogen) atoms. The average Bonchev–Trinajstić information content (AvgIpc) is 2.05. The van der Waals surface area contributed by atoms with Crippen LogP contribution in [0.3, 0.4) is 0 Å². The fraction of sp³-hybridized carbons (Fsp3) is 0.889. The summed E-state index contributed by atoms with van der Waals surface area (Å²) in [6, 6.07) is 0. The third-order valence-corrected chi connectivity index (χ3v) is 3.03. The van der Waals surface area contributed by atoms with Crippen LogP contribution >= 0.6 is 0 Å². The van der Waals surface area contributed by atoms with Crippen LogP contribution in [0.15, 0.2) is 4.99 Å². The van der Waals surface area contributed by atoms with Gasteiger partial charge in [0.05, 0.1) is 0 Å². The van der Waals surface area contributed by atoms with Crippen molar-refractivity contribution in [1.82, 2.24) is 5.32 Å². The number of likely N-dealkylation sites (N-methyl/N-ethyl adjacent to an activating group) is 1. The van der Waals surface area contributed by atoms with Gasteiger partial charge in [-0.05, 0) is 40.0 Å². The molecule has 0 spiro atoms. The van der Waals surface area contributed by atoms with Crippen LogP contribution in [0, 0.1) is 0 Å². The van der Waals surface area contributed by atoms with Crippen molar-refractivity contribution in [1.29, 1.82) is 0 Å². The molecule has 3 heteroatoms. The van der Waals surface area contributed by atoms with Gasteiger partial charge in [0, 0.05) is 0 Å². The van der Waals surface area contributed by atoms with Gasteiger partial charge in [0.1, 0.15) is 11.3 Å². The van der Waals surface area contributed by atoms with E-state index < -0.39 is 11.3 Å². The minimum Gasteiger partial charge on any atom is -0.386 e. The van der Waals surface area contributed by atoms with Gasteiger partial charge in [-0.2, -0.15) is 0 Å². The van der Waals surface area contributed by atoms with E-state index in [0.29, 0.717) is 0 Å². The van der Waals surface area contributed by atoms with Crippen molar-refractivity contribution >= 4 is 6.72 Å². The van der Waals surface area contributed by atoms with Crippen LogP contribution in [0.1, 0.15) is 32.6 Å². The van der Waals surface area contributed by atoms with Gasteiger partial charge in [0.2, 0.25) is 0 Å². The maximum absolute atomic E-state index is 10.1. The van der Waals surface area contributed by atoms with E-state index in [1.54, 1.807) is 0 Å². The molecule has 1 aliphatic rings. The van der Waals surface area contributed by atoms with Crippen molar-refractivity contribution in [3.63, 3.8) is 0 Å². The van der Waals surface area contributed by atoms with E-state index in [4.69, 9.17) is 0 Å². The molecule has 70 valence electrons. The van der Waals surface area contributed by atoms with Crippen molar-refractivity contribution < 1.29 is 5.11 Å². The molecule has 1 aliphatic carbocycles. The van der Waals surface area contributed by atoms with Crippen molar-refractivity contribution in [2.75, 3.05) is 7.05 Å². The lowest BCUT2D eigenvalue weighted by atomic mass is 9.76. The van der Waals surface area contributed by atoms with Crippen molar-refractivity contribution in [3.05, 3.63) is 0 Å². The van der Waals surface area contributed by atoms with Gasteiger partial charge < -0.3 is 5.11 Å². The smallest absolute Gasteiger partial charge is 0.138 e. The fourth-order valence-corrected chi connectivity index (χ4v) is 2.05. The molecule has 0 aliphatic heterocycles. The van der Waals surface area contributed by atoms with E-state index in [1.807, 2.05) is 14.0 Å². The highest BCUT2D eigenvalue weighted by atomic mass is 16.3. The predicted molar refractivity (Wildman–Crippen MR) is 50.4 cm³/mol. The van der Waals surface area contributed by atoms with Crippen LogP contribution in [-0.2, 0) is 0 Å². The third-order valence-electron chi connectivity index (χ3n) is 3.03. The first-order chi connectivity index (χ1) is 5.58. The summed E-state index contributed by atoms with van der Waals surface area (Å²) in [6.07, 6.45) is 3.86. The average molecular weight is 170 g/mol. The molecule has 3 nitrogen and oxygen atoms in total. The quantitative estimate of drug-likeness (QED) is 0.605. The minimum absolute atomic E-state index is 0.523. The standard InChI is InChI=1S/C9H18N2O/c1-8(12)6-4-5-7-9(8,10-2)11-3/h11-12H,2,4-7H2,1,3H3/t8-,9-/m0/s1. The third kappa shape index (κ3) is 1.27. The monoisotopic (exact) mass is 170 g/mol. The van der Waals surface area contributed by atoms with Crippen LogP contribution in [0.25, 0.3) is 0 Å². The fourth-order valence-electron chi connectivity index (χ4n) is 2.05. The number of aliphatic hydroxyl groups is 1. The molecule has 1 rings (SSSR count). The molecule has 0 saturated heterocycles. The summed E-state index contributed by atoms with van der Waals surface area (Å²) in [6.45, 7) is 5.38. The number of hydrogen-bond donors (Lipinski definition) is 2. The molecule has 0 unspecified atom stereocenters. The van der Waals surface area contributed by atoms with E-state index in [1.165, 1.54) is 0 Å². The summed E-state index contributed by atoms with van der Waals surface area (Å²) in [5, 5.41) is 13.2. The normalized spacial score (nSPS) is 42.6. The lowest BCUT2D eigenvalue weighted by molar-refractivity contribution is -0.0602. The lowest BCUT2D eigenvalue weighted by Crippen LogP contribution is -2.60. The predicted octanol–water partition coefficient (Wildman–Crippen LogP) is 0.928. The summed E-state index contributed by atoms with van der Waals surface area (Å²) in [7, 11) is 1.83. The second-order valence-electron chi connectivity index (χ2n) is 3.75. The van der Waals surface area contributed by atoms with Gasteiger partial charge in [-0.1, -0.05) is 6.42 Å². The first-order valence-electron chi connectivity index (χ1n) is 4.47. The highest BCUT2D eigenvalue weighted by Crippen LogP contribution is 2.37. The molecule has 1 saturated carbocycles. The molecule has 0 heterocycles. The van der Waals surface area contributed by atoms with Crippen LogP contribution in [0.2, 0.25) is 0 Å². The second kappa shape index (κ2) is 3.15. The molecular weight excluding hydrogens is 152 g/mol. The Labute approximate surface area is 73.9 Å². The Kier molecular flexibility index (Phi) is 2.54. The Hall–Kier alpha value is -0.410. The topological polar surface area (TPSA) is 44.6 Å². The maximum atomic E-state index is 10.1. The Balaban J connectivity index is 2.88. The Morgan fingerprint density at radius 1 is 1.42 bits per heavy atom. The van der Waals surface area contributed by atoms with E-state index in [0.717, 1.165) is 25.7 Å². The highest BCUT2D eigenvalue weighted by Gasteiger charge is 2.46. The molecule has 0 amide bonds. The summed E-state index contributed by atoms with van der Waals surface area (Å²) in [4.78, 5) is 4.04. The van der Waals surface area contributed by atoms with Gasteiger partial charge in [-0.25, -0.2) is 0 Å². The zero-order chi connectivity index (χ0) is 9.24. The SMILES string of the molecule is C=N[C@]1(NC)CCCC[C@]1(C)O. The van der Waals surface area contributed by atoms with E-state index >= 15 is 0 Å². The summed E-state index contributed by atoms with van der Waals surface area (Å²) in [5.74, 6) is 0. The van der Waals surface area contributed by atoms with Crippen LogP contribution in [0.5, 0.6) is 0 Å². The summed E-state index contributed by atoms with van der Waals surface area (Å²) >= 11 is 0. The number of aliphatic imine (C=N–C) groups is 1. The van der Waals surface area contributed by atoms with Gasteiger partial charge in [0.25, 0.3) is 0 Å². The molecule has 0 aromatic carbocycles. The van der Waals surface area contributed by atoms with Crippen LogP contribution < -0.4 is 5.32 Å². The van der Waals surface area contributed by atoms with E-state index in [9.17, 15) is 5.11 Å². The number of rotatable bonds is 2. The highest BCUT2D eigenvalue weighted by molar-refractivity contribution is 5.27. The Morgan fingerprint density at radius 2 is 2.00 bits per heavy atom. The molecule has 0 aromatic rings. The molecule has 0 radical (unpaired) electrons. The van der Waals surface area contributed by atoms with Gasteiger partial charge in [-0.15, -0.1) is 0 Å². The molecule has 0 aromatic heterocycles. The largest absolute Gasteiger partial charge is 0.386 e. The number of nitrogens with zero attached hydrogens (tertiary/aromatic N) is 1. The van der Waals surface area contributed by atoms with E-state index in [2.05, 4.69) is 17.0 Å². The van der Waals surface area contributed by atoms with Gasteiger partial charge >= 0.3 is 0 Å². The van der Waals surface area contributed by atoms with Crippen molar-refractivity contribution in [2.45, 2.75) is 43.9 Å². The molecule has 0 bridgehead atoms. The molecule has 1 fully saturated rings. The molecule has 2 N–H and O–H groups in total. The van der Waals surface area contributed by atoms with Gasteiger partial charge in [0.15, 0.2) is 0 Å². The Morgan fingerprint density at radius 3 is 2.33 bits per heavy atom. The lowest BCUT2D eigenvalue weighted by Gasteiger charge is -2.45. The number of hydrogen-bond acceptors (Lipinski definition) is 3.